The van der Waals surface area contributed by atoms with Crippen molar-refractivity contribution in [2.45, 2.75) is 45.1 Å². The minimum absolute atomic E-state index is 0.216. The van der Waals surface area contributed by atoms with Crippen molar-refractivity contribution >= 4 is 5.91 Å². The smallest absolute Gasteiger partial charge is 0.265 e. The van der Waals surface area contributed by atoms with Crippen molar-refractivity contribution in [2.75, 3.05) is 0 Å². The van der Waals surface area contributed by atoms with Gasteiger partial charge in [-0.25, -0.2) is 5.43 Å². The van der Waals surface area contributed by atoms with E-state index in [0.29, 0.717) is 11.3 Å². The summed E-state index contributed by atoms with van der Waals surface area (Å²) in [6.45, 7) is 2.13. The van der Waals surface area contributed by atoms with Gasteiger partial charge in [-0.3, -0.25) is 4.79 Å². The van der Waals surface area contributed by atoms with Crippen LogP contribution in [-0.2, 0) is 4.79 Å². The van der Waals surface area contributed by atoms with E-state index in [-0.39, 0.29) is 5.91 Å². The van der Waals surface area contributed by atoms with Gasteiger partial charge in [-0.05, 0) is 6.42 Å². The molecule has 0 aromatic rings. The molecule has 0 radical (unpaired) electrons. The maximum Gasteiger partial charge on any atom is 0.319 e. The molecule has 1 saturated heterocycles. The van der Waals surface area contributed by atoms with Gasteiger partial charge in [-0.2, -0.15) is 0 Å². The summed E-state index contributed by atoms with van der Waals surface area (Å²) in [4.78, 5) is 22.6. The molecule has 1 heterocycles. The van der Waals surface area contributed by atoms with Crippen LogP contribution in [0.3, 0.4) is 0 Å². The fraction of sp³-hybridized carbons (Fsp3) is 0.875. The van der Waals surface area contributed by atoms with Gasteiger partial charge >= 0.3 is 11.9 Å². The Kier molecular flexibility index (Phi) is 3.67. The second-order valence-corrected chi connectivity index (χ2v) is 3.29. The number of nitrogens with one attached hydrogen (secondary N) is 2. The Morgan fingerprint density at radius 2 is 2.15 bits per heavy atom. The fourth-order valence-electron chi connectivity index (χ4n) is 1.39. The Morgan fingerprint density at radius 3 is 2.69 bits per heavy atom. The maximum atomic E-state index is 11.0. The van der Waals surface area contributed by atoms with Crippen molar-refractivity contribution in [3.8, 4) is 0 Å². The van der Waals surface area contributed by atoms with E-state index in [0.717, 1.165) is 19.3 Å². The molecule has 5 heteroatoms. The normalized spacial score (nSPS) is 21.5. The zero-order valence-electron chi connectivity index (χ0n) is 7.88. The molecule has 1 aliphatic rings. The fourth-order valence-corrected chi connectivity index (χ4v) is 1.39. The zero-order valence-corrected chi connectivity index (χ0v) is 7.88. The SMILES string of the molecule is CCCCCCC1C(=O)NN[N+]1=O. The Hall–Kier alpha value is -1.13. The minimum atomic E-state index is -0.531. The highest BCUT2D eigenvalue weighted by Crippen LogP contribution is 2.09. The number of rotatable bonds is 5. The van der Waals surface area contributed by atoms with Gasteiger partial charge in [0.1, 0.15) is 4.87 Å². The van der Waals surface area contributed by atoms with Crippen molar-refractivity contribution in [2.24, 2.45) is 0 Å². The lowest BCUT2D eigenvalue weighted by atomic mass is 10.1. The lowest BCUT2D eigenvalue weighted by Gasteiger charge is -1.97. The summed E-state index contributed by atoms with van der Waals surface area (Å²) in [7, 11) is 0. The van der Waals surface area contributed by atoms with Crippen LogP contribution in [0.5, 0.6) is 0 Å². The van der Waals surface area contributed by atoms with Gasteiger partial charge in [0.05, 0.1) is 4.91 Å². The number of hydrazine groups is 2. The van der Waals surface area contributed by atoms with E-state index >= 15 is 0 Å². The topological polar surface area (TPSA) is 61.2 Å². The van der Waals surface area contributed by atoms with Gasteiger partial charge in [0.2, 0.25) is 0 Å². The van der Waals surface area contributed by atoms with Crippen LogP contribution in [0.1, 0.15) is 39.0 Å². The molecule has 1 amide bonds. The van der Waals surface area contributed by atoms with Crippen LogP contribution in [0.2, 0.25) is 0 Å². The molecule has 1 rings (SSSR count). The molecule has 0 bridgehead atoms. The second-order valence-electron chi connectivity index (χ2n) is 3.29. The van der Waals surface area contributed by atoms with Gasteiger partial charge in [0.25, 0.3) is 0 Å². The molecule has 1 aliphatic heterocycles. The molecule has 74 valence electrons. The van der Waals surface area contributed by atoms with Crippen LogP contribution < -0.4 is 11.0 Å². The maximum absolute atomic E-state index is 11.0. The lowest BCUT2D eigenvalue weighted by molar-refractivity contribution is -0.619. The predicted molar refractivity (Wildman–Crippen MR) is 47.5 cm³/mol. The third kappa shape index (κ3) is 2.68. The molecule has 1 unspecified atom stereocenters. The first-order valence-corrected chi connectivity index (χ1v) is 4.77. The van der Waals surface area contributed by atoms with Crippen LogP contribution in [-0.4, -0.2) is 16.8 Å². The summed E-state index contributed by atoms with van der Waals surface area (Å²) >= 11 is 0. The second kappa shape index (κ2) is 4.79. The molecule has 0 spiro atoms. The summed E-state index contributed by atoms with van der Waals surface area (Å²) in [5.74, 6) is -0.216. The van der Waals surface area contributed by atoms with E-state index in [1.807, 2.05) is 0 Å². The van der Waals surface area contributed by atoms with E-state index in [1.54, 1.807) is 0 Å². The highest BCUT2D eigenvalue weighted by molar-refractivity contribution is 5.80. The van der Waals surface area contributed by atoms with Crippen LogP contribution in [0, 0.1) is 4.91 Å². The number of amides is 1. The van der Waals surface area contributed by atoms with Crippen molar-refractivity contribution in [1.29, 1.82) is 0 Å². The molecule has 1 fully saturated rings. The lowest BCUT2D eigenvalue weighted by Crippen LogP contribution is -2.28. The zero-order chi connectivity index (χ0) is 9.68. The molecular formula is C8H16N3O2+. The largest absolute Gasteiger partial charge is 0.319 e. The molecule has 0 saturated carbocycles. The van der Waals surface area contributed by atoms with E-state index in [2.05, 4.69) is 17.9 Å². The first-order chi connectivity index (χ1) is 6.25. The summed E-state index contributed by atoms with van der Waals surface area (Å²) in [5, 5.41) is 0. The van der Waals surface area contributed by atoms with E-state index in [9.17, 15) is 9.70 Å². The number of carbonyl (C=O) groups excluding carboxylic acids is 1. The van der Waals surface area contributed by atoms with Crippen molar-refractivity contribution < 1.29 is 9.66 Å². The highest BCUT2D eigenvalue weighted by Gasteiger charge is 2.40. The molecule has 0 aromatic heterocycles. The first kappa shape index (κ1) is 9.95. The molecule has 0 aromatic carbocycles. The van der Waals surface area contributed by atoms with Crippen molar-refractivity contribution in [1.82, 2.24) is 11.0 Å². The van der Waals surface area contributed by atoms with Crippen LogP contribution >= 0.6 is 0 Å². The predicted octanol–water partition coefficient (Wildman–Crippen LogP) is 0.654. The third-order valence-electron chi connectivity index (χ3n) is 2.21. The summed E-state index contributed by atoms with van der Waals surface area (Å²) in [5.41, 5.74) is 4.52. The average Bonchev–Trinajstić information content (AvgIpc) is 2.42. The number of nitroso groups, excluding NO2 is 1. The average molecular weight is 186 g/mol. The van der Waals surface area contributed by atoms with Gasteiger partial charge < -0.3 is 0 Å². The third-order valence-corrected chi connectivity index (χ3v) is 2.21. The summed E-state index contributed by atoms with van der Waals surface area (Å²) in [6.07, 6.45) is 5.00. The molecule has 2 N–H and O–H groups in total. The standard InChI is InChI=1S/C8H15N3O2/c1-2-3-4-5-6-7-8(12)9-10-11(7)13/h7H,2-6H2,1H3,(H-,9,10,12,13)/p+1. The summed E-state index contributed by atoms with van der Waals surface area (Å²) in [6, 6.07) is -0.531. The number of hydrogen-bond donors (Lipinski definition) is 2. The summed E-state index contributed by atoms with van der Waals surface area (Å²) < 4.78 is 0. The number of unbranched alkanes of at least 4 members (excludes halogenated alkanes) is 3. The Balaban J connectivity index is 2.20. The number of carbonyl (C=O) groups is 1. The molecular weight excluding hydrogens is 170 g/mol. The highest BCUT2D eigenvalue weighted by atomic mass is 16.3. The van der Waals surface area contributed by atoms with Crippen molar-refractivity contribution in [3.05, 3.63) is 4.91 Å². The first-order valence-electron chi connectivity index (χ1n) is 4.77. The Bertz CT molecular complexity index is 190. The van der Waals surface area contributed by atoms with Gasteiger partial charge in [-0.15, -0.1) is 0 Å². The minimum Gasteiger partial charge on any atom is -0.265 e. The van der Waals surface area contributed by atoms with Crippen molar-refractivity contribution in [3.63, 3.8) is 0 Å². The Morgan fingerprint density at radius 1 is 1.38 bits per heavy atom. The van der Waals surface area contributed by atoms with E-state index in [1.165, 1.54) is 6.42 Å². The van der Waals surface area contributed by atoms with Crippen LogP contribution in [0.4, 0.5) is 0 Å². The molecule has 0 aliphatic carbocycles. The molecule has 1 atom stereocenters. The van der Waals surface area contributed by atoms with Gasteiger partial charge in [0, 0.05) is 6.42 Å². The van der Waals surface area contributed by atoms with Crippen LogP contribution in [0.15, 0.2) is 0 Å². The van der Waals surface area contributed by atoms with E-state index < -0.39 is 6.04 Å². The van der Waals surface area contributed by atoms with Crippen LogP contribution in [0.25, 0.3) is 0 Å². The molecule has 13 heavy (non-hydrogen) atoms. The van der Waals surface area contributed by atoms with Gasteiger partial charge in [0.15, 0.2) is 0 Å². The van der Waals surface area contributed by atoms with Gasteiger partial charge in [-0.1, -0.05) is 31.7 Å². The number of hydrogen-bond acceptors (Lipinski definition) is 2. The van der Waals surface area contributed by atoms with E-state index in [4.69, 9.17) is 0 Å². The monoisotopic (exact) mass is 186 g/mol. The number of nitrogens with zero attached hydrogens (tertiary/aromatic N) is 1. The molecule has 5 nitrogen and oxygen atoms in total. The quantitative estimate of drug-likeness (QED) is 0.489. The Labute approximate surface area is 77.4 Å².